The summed E-state index contributed by atoms with van der Waals surface area (Å²) in [5.41, 5.74) is 2.94. The third kappa shape index (κ3) is 4.06. The van der Waals surface area contributed by atoms with Gasteiger partial charge in [0.1, 0.15) is 0 Å². The third-order valence-corrected chi connectivity index (χ3v) is 3.14. The van der Waals surface area contributed by atoms with Crippen LogP contribution in [-0.4, -0.2) is 19.5 Å². The molecule has 0 saturated heterocycles. The first-order chi connectivity index (χ1) is 8.58. The van der Waals surface area contributed by atoms with Gasteiger partial charge >= 0.3 is 0 Å². The van der Waals surface area contributed by atoms with Crippen molar-refractivity contribution in [2.24, 2.45) is 5.92 Å². The Morgan fingerprint density at radius 1 is 1.39 bits per heavy atom. The van der Waals surface area contributed by atoms with E-state index >= 15 is 0 Å². The maximum absolute atomic E-state index is 11.5. The molecule has 0 aliphatic rings. The predicted octanol–water partition coefficient (Wildman–Crippen LogP) is 3.20. The van der Waals surface area contributed by atoms with Gasteiger partial charge in [-0.05, 0) is 43.0 Å². The van der Waals surface area contributed by atoms with Crippen LogP contribution >= 0.6 is 0 Å². The molecule has 0 bridgehead atoms. The smallest absolute Gasteiger partial charge is 0.251 e. The summed E-state index contributed by atoms with van der Waals surface area (Å²) in [4.78, 5) is 11.5. The Labute approximate surface area is 110 Å². The van der Waals surface area contributed by atoms with E-state index in [2.05, 4.69) is 24.5 Å². The van der Waals surface area contributed by atoms with Crippen LogP contribution < -0.4 is 10.6 Å². The monoisotopic (exact) mass is 248 g/mol. The number of nitrogens with one attached hydrogen (secondary N) is 2. The van der Waals surface area contributed by atoms with Crippen LogP contribution in [0.4, 0.5) is 5.69 Å². The maximum Gasteiger partial charge on any atom is 0.251 e. The van der Waals surface area contributed by atoms with E-state index < -0.39 is 0 Å². The molecule has 1 rings (SSSR count). The number of benzene rings is 1. The molecule has 1 aromatic carbocycles. The lowest BCUT2D eigenvalue weighted by Gasteiger charge is -2.15. The molecule has 1 aromatic rings. The highest BCUT2D eigenvalue weighted by atomic mass is 16.1. The first-order valence-electron chi connectivity index (χ1n) is 6.65. The molecule has 1 amide bonds. The summed E-state index contributed by atoms with van der Waals surface area (Å²) in [6.07, 6.45) is 2.46. The first-order valence-corrected chi connectivity index (χ1v) is 6.65. The van der Waals surface area contributed by atoms with Gasteiger partial charge in [-0.3, -0.25) is 4.79 Å². The van der Waals surface area contributed by atoms with Crippen LogP contribution in [0.25, 0.3) is 0 Å². The second-order valence-electron chi connectivity index (χ2n) is 4.88. The number of hydrogen-bond donors (Lipinski definition) is 2. The van der Waals surface area contributed by atoms with E-state index in [0.29, 0.717) is 11.5 Å². The standard InChI is InChI=1S/C15H24N2O/c1-5-6-11(2)10-17-14-8-7-13(9-12(14)3)15(18)16-4/h7-9,11,17H,5-6,10H2,1-4H3,(H,16,18). The zero-order valence-electron chi connectivity index (χ0n) is 11.8. The van der Waals surface area contributed by atoms with Crippen molar-refractivity contribution in [3.8, 4) is 0 Å². The minimum Gasteiger partial charge on any atom is -0.385 e. The van der Waals surface area contributed by atoms with Crippen LogP contribution in [0.3, 0.4) is 0 Å². The summed E-state index contributed by atoms with van der Waals surface area (Å²) in [7, 11) is 1.65. The lowest BCUT2D eigenvalue weighted by molar-refractivity contribution is 0.0963. The van der Waals surface area contributed by atoms with Crippen LogP contribution in [0.1, 0.15) is 42.6 Å². The fourth-order valence-corrected chi connectivity index (χ4v) is 2.03. The molecule has 0 fully saturated rings. The number of hydrogen-bond acceptors (Lipinski definition) is 2. The van der Waals surface area contributed by atoms with Crippen molar-refractivity contribution in [1.82, 2.24) is 5.32 Å². The van der Waals surface area contributed by atoms with Crippen LogP contribution in [0.15, 0.2) is 18.2 Å². The van der Waals surface area contributed by atoms with E-state index in [1.54, 1.807) is 7.05 Å². The quantitative estimate of drug-likeness (QED) is 0.811. The van der Waals surface area contributed by atoms with Gasteiger partial charge in [-0.25, -0.2) is 0 Å². The Morgan fingerprint density at radius 3 is 2.67 bits per heavy atom. The van der Waals surface area contributed by atoms with Gasteiger partial charge in [-0.15, -0.1) is 0 Å². The van der Waals surface area contributed by atoms with Gasteiger partial charge in [0.2, 0.25) is 0 Å². The Balaban J connectivity index is 2.65. The Bertz CT molecular complexity index is 401. The molecule has 1 unspecified atom stereocenters. The van der Waals surface area contributed by atoms with Gasteiger partial charge in [-0.2, -0.15) is 0 Å². The molecule has 0 radical (unpaired) electrons. The highest BCUT2D eigenvalue weighted by molar-refractivity contribution is 5.94. The van der Waals surface area contributed by atoms with E-state index in [1.165, 1.54) is 12.8 Å². The van der Waals surface area contributed by atoms with Gasteiger partial charge in [0, 0.05) is 24.8 Å². The van der Waals surface area contributed by atoms with E-state index in [0.717, 1.165) is 17.8 Å². The number of amides is 1. The zero-order valence-corrected chi connectivity index (χ0v) is 11.8. The van der Waals surface area contributed by atoms with Crippen LogP contribution in [0.2, 0.25) is 0 Å². The van der Waals surface area contributed by atoms with Crippen molar-refractivity contribution in [3.63, 3.8) is 0 Å². The van der Waals surface area contributed by atoms with Gasteiger partial charge < -0.3 is 10.6 Å². The summed E-state index contributed by atoms with van der Waals surface area (Å²) in [6, 6.07) is 5.77. The molecular weight excluding hydrogens is 224 g/mol. The molecule has 3 heteroatoms. The fraction of sp³-hybridized carbons (Fsp3) is 0.533. The van der Waals surface area contributed by atoms with Crippen molar-refractivity contribution >= 4 is 11.6 Å². The normalized spacial score (nSPS) is 12.0. The number of carbonyl (C=O) groups is 1. The van der Waals surface area contributed by atoms with Crippen LogP contribution in [0.5, 0.6) is 0 Å². The summed E-state index contributed by atoms with van der Waals surface area (Å²) >= 11 is 0. The van der Waals surface area contributed by atoms with Crippen molar-refractivity contribution < 1.29 is 4.79 Å². The average molecular weight is 248 g/mol. The van der Waals surface area contributed by atoms with Crippen molar-refractivity contribution in [2.45, 2.75) is 33.6 Å². The fourth-order valence-electron chi connectivity index (χ4n) is 2.03. The lowest BCUT2D eigenvalue weighted by Crippen LogP contribution is -2.18. The second kappa shape index (κ2) is 7.04. The van der Waals surface area contributed by atoms with E-state index in [9.17, 15) is 4.79 Å². The van der Waals surface area contributed by atoms with Gasteiger partial charge in [0.25, 0.3) is 5.91 Å². The lowest BCUT2D eigenvalue weighted by atomic mass is 10.1. The topological polar surface area (TPSA) is 41.1 Å². The number of carbonyl (C=O) groups excluding carboxylic acids is 1. The predicted molar refractivity (Wildman–Crippen MR) is 77.1 cm³/mol. The van der Waals surface area contributed by atoms with Crippen molar-refractivity contribution in [2.75, 3.05) is 18.9 Å². The van der Waals surface area contributed by atoms with Crippen molar-refractivity contribution in [3.05, 3.63) is 29.3 Å². The SMILES string of the molecule is CCCC(C)CNc1ccc(C(=O)NC)cc1C. The number of aryl methyl sites for hydroxylation is 1. The van der Waals surface area contributed by atoms with Crippen LogP contribution in [0, 0.1) is 12.8 Å². The van der Waals surface area contributed by atoms with E-state index in [1.807, 2.05) is 25.1 Å². The Kier molecular flexibility index (Phi) is 5.69. The Hall–Kier alpha value is -1.51. The summed E-state index contributed by atoms with van der Waals surface area (Å²) in [5.74, 6) is 0.636. The molecule has 0 heterocycles. The molecular formula is C15H24N2O. The summed E-state index contributed by atoms with van der Waals surface area (Å²) in [5, 5.41) is 6.09. The zero-order chi connectivity index (χ0) is 13.5. The molecule has 2 N–H and O–H groups in total. The van der Waals surface area contributed by atoms with Gasteiger partial charge in [0.15, 0.2) is 0 Å². The second-order valence-corrected chi connectivity index (χ2v) is 4.88. The van der Waals surface area contributed by atoms with Gasteiger partial charge in [-0.1, -0.05) is 20.3 Å². The summed E-state index contributed by atoms with van der Waals surface area (Å²) < 4.78 is 0. The average Bonchev–Trinajstić information content (AvgIpc) is 2.36. The molecule has 0 saturated carbocycles. The summed E-state index contributed by atoms with van der Waals surface area (Å²) in [6.45, 7) is 7.47. The first kappa shape index (κ1) is 14.6. The molecule has 0 aliphatic carbocycles. The highest BCUT2D eigenvalue weighted by Crippen LogP contribution is 2.17. The van der Waals surface area contributed by atoms with E-state index in [-0.39, 0.29) is 5.91 Å². The minimum atomic E-state index is -0.0380. The maximum atomic E-state index is 11.5. The van der Waals surface area contributed by atoms with Gasteiger partial charge in [0.05, 0.1) is 0 Å². The molecule has 0 aromatic heterocycles. The molecule has 0 aliphatic heterocycles. The molecule has 0 spiro atoms. The molecule has 3 nitrogen and oxygen atoms in total. The molecule has 18 heavy (non-hydrogen) atoms. The largest absolute Gasteiger partial charge is 0.385 e. The minimum absolute atomic E-state index is 0.0380. The molecule has 1 atom stereocenters. The third-order valence-electron chi connectivity index (χ3n) is 3.14. The molecule has 100 valence electrons. The number of anilines is 1. The highest BCUT2D eigenvalue weighted by Gasteiger charge is 2.06. The Morgan fingerprint density at radius 2 is 2.11 bits per heavy atom. The van der Waals surface area contributed by atoms with Crippen LogP contribution in [-0.2, 0) is 0 Å². The van der Waals surface area contributed by atoms with E-state index in [4.69, 9.17) is 0 Å². The van der Waals surface area contributed by atoms with Crippen molar-refractivity contribution in [1.29, 1.82) is 0 Å². The number of rotatable bonds is 6.